The van der Waals surface area contributed by atoms with Crippen molar-refractivity contribution in [1.82, 2.24) is 5.32 Å². The van der Waals surface area contributed by atoms with Crippen LogP contribution in [0.2, 0.25) is 0 Å². The normalized spacial score (nSPS) is 27.9. The predicted molar refractivity (Wildman–Crippen MR) is 61.7 cm³/mol. The van der Waals surface area contributed by atoms with E-state index in [0.29, 0.717) is 17.3 Å². The van der Waals surface area contributed by atoms with E-state index in [9.17, 15) is 0 Å². The van der Waals surface area contributed by atoms with Crippen molar-refractivity contribution in [3.05, 3.63) is 0 Å². The van der Waals surface area contributed by atoms with E-state index in [2.05, 4.69) is 33.0 Å². The number of unbranched alkanes of at least 4 members (excludes halogenated alkanes) is 1. The molecular weight excluding hydrogens is 172 g/mol. The average molecular weight is 196 g/mol. The lowest BCUT2D eigenvalue weighted by Crippen LogP contribution is -2.29. The fourth-order valence-corrected chi connectivity index (χ4v) is 2.53. The molecule has 1 aliphatic heterocycles. The van der Waals surface area contributed by atoms with Crippen LogP contribution in [0.15, 0.2) is 0 Å². The predicted octanol–water partition coefficient (Wildman–Crippen LogP) is 3.04. The first-order chi connectivity index (χ1) is 6.49. The van der Waals surface area contributed by atoms with Crippen molar-refractivity contribution in [2.75, 3.05) is 6.54 Å². The summed E-state index contributed by atoms with van der Waals surface area (Å²) in [6, 6.07) is 0. The Balaban J connectivity index is 2.58. The molecule has 1 saturated heterocycles. The second kappa shape index (κ2) is 4.33. The zero-order valence-corrected chi connectivity index (χ0v) is 9.98. The molecular formula is C12H24N2. The Morgan fingerprint density at radius 1 is 1.50 bits per heavy atom. The largest absolute Gasteiger partial charge is 0.373 e. The molecule has 0 aromatic heterocycles. The van der Waals surface area contributed by atoms with Gasteiger partial charge in [-0.05, 0) is 17.8 Å². The first-order valence-corrected chi connectivity index (χ1v) is 5.81. The first kappa shape index (κ1) is 11.5. The van der Waals surface area contributed by atoms with Crippen LogP contribution in [0.5, 0.6) is 0 Å². The molecule has 1 rings (SSSR count). The molecule has 0 spiro atoms. The number of hydrogen-bond acceptors (Lipinski definition) is 1. The Morgan fingerprint density at radius 2 is 2.14 bits per heavy atom. The molecule has 0 aliphatic carbocycles. The van der Waals surface area contributed by atoms with Gasteiger partial charge in [0, 0.05) is 12.5 Å². The van der Waals surface area contributed by atoms with Gasteiger partial charge in [-0.2, -0.15) is 0 Å². The minimum Gasteiger partial charge on any atom is -0.373 e. The third-order valence-electron chi connectivity index (χ3n) is 3.75. The quantitative estimate of drug-likeness (QED) is 0.712. The van der Waals surface area contributed by atoms with Crippen LogP contribution < -0.4 is 5.32 Å². The zero-order chi connectivity index (χ0) is 10.8. The van der Waals surface area contributed by atoms with Crippen LogP contribution in [0, 0.1) is 22.7 Å². The number of nitrogens with one attached hydrogen (secondary N) is 2. The Kier molecular flexibility index (Phi) is 3.57. The van der Waals surface area contributed by atoms with Crippen molar-refractivity contribution in [3.63, 3.8) is 0 Å². The van der Waals surface area contributed by atoms with Crippen LogP contribution in [0.25, 0.3) is 0 Å². The van der Waals surface area contributed by atoms with Gasteiger partial charge in [0.25, 0.3) is 0 Å². The molecule has 2 unspecified atom stereocenters. The highest BCUT2D eigenvalue weighted by Gasteiger charge is 2.38. The van der Waals surface area contributed by atoms with Gasteiger partial charge < -0.3 is 5.32 Å². The van der Waals surface area contributed by atoms with Crippen molar-refractivity contribution in [2.24, 2.45) is 17.3 Å². The maximum Gasteiger partial charge on any atom is 0.0964 e. The molecule has 1 aliphatic rings. The van der Waals surface area contributed by atoms with E-state index in [1.807, 2.05) is 0 Å². The van der Waals surface area contributed by atoms with E-state index in [4.69, 9.17) is 5.41 Å². The van der Waals surface area contributed by atoms with E-state index in [0.717, 1.165) is 12.4 Å². The van der Waals surface area contributed by atoms with Gasteiger partial charge in [-0.3, -0.25) is 5.41 Å². The number of amidine groups is 1. The van der Waals surface area contributed by atoms with Crippen molar-refractivity contribution in [3.8, 4) is 0 Å². The molecule has 82 valence electrons. The van der Waals surface area contributed by atoms with Gasteiger partial charge in [0.2, 0.25) is 0 Å². The first-order valence-electron chi connectivity index (χ1n) is 5.81. The van der Waals surface area contributed by atoms with E-state index >= 15 is 0 Å². The van der Waals surface area contributed by atoms with Gasteiger partial charge in [0.15, 0.2) is 0 Å². The summed E-state index contributed by atoms with van der Waals surface area (Å²) in [5.41, 5.74) is 0.380. The Morgan fingerprint density at radius 3 is 2.57 bits per heavy atom. The summed E-state index contributed by atoms with van der Waals surface area (Å²) in [4.78, 5) is 0. The Hall–Kier alpha value is -0.530. The summed E-state index contributed by atoms with van der Waals surface area (Å²) in [6.07, 6.45) is 3.87. The van der Waals surface area contributed by atoms with Crippen LogP contribution in [0.1, 0.15) is 47.0 Å². The smallest absolute Gasteiger partial charge is 0.0964 e. The molecule has 0 aromatic rings. The highest BCUT2D eigenvalue weighted by atomic mass is 15.0. The highest BCUT2D eigenvalue weighted by Crippen LogP contribution is 2.39. The molecule has 0 amide bonds. The van der Waals surface area contributed by atoms with E-state index in [-0.39, 0.29) is 0 Å². The van der Waals surface area contributed by atoms with Gasteiger partial charge in [0.05, 0.1) is 5.84 Å². The second-order valence-corrected chi connectivity index (χ2v) is 5.28. The molecule has 1 fully saturated rings. The Labute approximate surface area is 88.0 Å². The summed E-state index contributed by atoms with van der Waals surface area (Å²) >= 11 is 0. The van der Waals surface area contributed by atoms with Crippen LogP contribution in [-0.4, -0.2) is 12.4 Å². The fraction of sp³-hybridized carbons (Fsp3) is 0.917. The zero-order valence-electron chi connectivity index (χ0n) is 9.98. The SMILES string of the molecule is CCCCC(C)(C)C1CNC(=N)C1C. The summed E-state index contributed by atoms with van der Waals surface area (Å²) in [5.74, 6) is 1.79. The van der Waals surface area contributed by atoms with Crippen molar-refractivity contribution in [2.45, 2.75) is 47.0 Å². The number of rotatable bonds is 4. The lowest BCUT2D eigenvalue weighted by molar-refractivity contribution is 0.177. The third-order valence-corrected chi connectivity index (χ3v) is 3.75. The van der Waals surface area contributed by atoms with Crippen LogP contribution in [0.3, 0.4) is 0 Å². The molecule has 0 radical (unpaired) electrons. The molecule has 2 N–H and O–H groups in total. The van der Waals surface area contributed by atoms with Crippen molar-refractivity contribution in [1.29, 1.82) is 5.41 Å². The summed E-state index contributed by atoms with van der Waals surface area (Å²) in [7, 11) is 0. The molecule has 14 heavy (non-hydrogen) atoms. The topological polar surface area (TPSA) is 35.9 Å². The molecule has 0 saturated carbocycles. The fourth-order valence-electron chi connectivity index (χ4n) is 2.53. The van der Waals surface area contributed by atoms with E-state index in [1.54, 1.807) is 0 Å². The highest BCUT2D eigenvalue weighted by molar-refractivity contribution is 5.83. The van der Waals surface area contributed by atoms with E-state index in [1.165, 1.54) is 19.3 Å². The van der Waals surface area contributed by atoms with E-state index < -0.39 is 0 Å². The standard InChI is InChI=1S/C12H24N2/c1-5-6-7-12(3,4)10-8-14-11(13)9(10)2/h9-10H,5-8H2,1-4H3,(H2,13,14). The minimum atomic E-state index is 0.380. The molecule has 1 heterocycles. The van der Waals surface area contributed by atoms with Gasteiger partial charge in [-0.1, -0.05) is 40.5 Å². The molecule has 0 aromatic carbocycles. The van der Waals surface area contributed by atoms with Gasteiger partial charge >= 0.3 is 0 Å². The van der Waals surface area contributed by atoms with Gasteiger partial charge in [-0.15, -0.1) is 0 Å². The maximum absolute atomic E-state index is 7.73. The average Bonchev–Trinajstić information content (AvgIpc) is 2.45. The van der Waals surface area contributed by atoms with Crippen LogP contribution >= 0.6 is 0 Å². The summed E-state index contributed by atoms with van der Waals surface area (Å²) < 4.78 is 0. The molecule has 2 atom stereocenters. The third kappa shape index (κ3) is 2.28. The molecule has 0 bridgehead atoms. The van der Waals surface area contributed by atoms with Gasteiger partial charge in [0.1, 0.15) is 0 Å². The monoisotopic (exact) mass is 196 g/mol. The van der Waals surface area contributed by atoms with Crippen molar-refractivity contribution < 1.29 is 0 Å². The minimum absolute atomic E-state index is 0.380. The maximum atomic E-state index is 7.73. The second-order valence-electron chi connectivity index (χ2n) is 5.28. The lowest BCUT2D eigenvalue weighted by Gasteiger charge is -2.33. The van der Waals surface area contributed by atoms with Crippen LogP contribution in [0.4, 0.5) is 0 Å². The number of hydrogen-bond donors (Lipinski definition) is 2. The lowest BCUT2D eigenvalue weighted by atomic mass is 9.71. The summed E-state index contributed by atoms with van der Waals surface area (Å²) in [5, 5.41) is 10.9. The van der Waals surface area contributed by atoms with Crippen LogP contribution in [-0.2, 0) is 0 Å². The van der Waals surface area contributed by atoms with Crippen molar-refractivity contribution >= 4 is 5.84 Å². The molecule has 2 nitrogen and oxygen atoms in total. The summed E-state index contributed by atoms with van der Waals surface area (Å²) in [6.45, 7) is 10.1. The van der Waals surface area contributed by atoms with Gasteiger partial charge in [-0.25, -0.2) is 0 Å². The Bertz CT molecular complexity index is 208. The molecule has 2 heteroatoms.